The molecule has 3 aromatic carbocycles. The Morgan fingerprint density at radius 2 is 1.52 bits per heavy atom. The molecule has 0 aromatic heterocycles. The smallest absolute Gasteiger partial charge is 0.330 e. The molecule has 0 saturated carbocycles. The molecule has 0 unspecified atom stereocenters. The van der Waals surface area contributed by atoms with Crippen LogP contribution in [0, 0.1) is 0 Å². The van der Waals surface area contributed by atoms with Gasteiger partial charge in [-0.25, -0.2) is 9.59 Å². The summed E-state index contributed by atoms with van der Waals surface area (Å²) in [4.78, 5) is 36.6. The highest BCUT2D eigenvalue weighted by molar-refractivity contribution is 6.18. The van der Waals surface area contributed by atoms with Crippen LogP contribution in [0.1, 0.15) is 16.8 Å². The van der Waals surface area contributed by atoms with Crippen molar-refractivity contribution in [3.8, 4) is 0 Å². The van der Waals surface area contributed by atoms with Crippen molar-refractivity contribution in [3.63, 3.8) is 0 Å². The van der Waals surface area contributed by atoms with E-state index >= 15 is 0 Å². The Morgan fingerprint density at radius 3 is 2.07 bits per heavy atom. The van der Waals surface area contributed by atoms with Gasteiger partial charge in [0.2, 0.25) is 0 Å². The summed E-state index contributed by atoms with van der Waals surface area (Å²) in [6.45, 7) is 0. The van der Waals surface area contributed by atoms with Crippen LogP contribution >= 0.6 is 0 Å². The molecule has 0 aliphatic carbocycles. The van der Waals surface area contributed by atoms with E-state index in [0.717, 1.165) is 21.5 Å². The summed E-state index contributed by atoms with van der Waals surface area (Å²) >= 11 is 0. The molecule has 0 heterocycles. The van der Waals surface area contributed by atoms with Gasteiger partial charge in [-0.3, -0.25) is 4.79 Å². The predicted molar refractivity (Wildman–Crippen MR) is 110 cm³/mol. The van der Waals surface area contributed by atoms with Crippen molar-refractivity contribution in [2.24, 2.45) is 0 Å². The number of ether oxygens (including phenoxy) is 2. The number of hydrogen-bond donors (Lipinski definition) is 1. The molecule has 0 bridgehead atoms. The normalized spacial score (nSPS) is 12.1. The highest BCUT2D eigenvalue weighted by Gasteiger charge is 2.23. The van der Waals surface area contributed by atoms with Gasteiger partial charge in [-0.1, -0.05) is 54.6 Å². The first-order valence-electron chi connectivity index (χ1n) is 9.09. The van der Waals surface area contributed by atoms with Gasteiger partial charge in [0.25, 0.3) is 5.91 Å². The molecule has 3 rings (SSSR count). The topological polar surface area (TPSA) is 81.7 Å². The third-order valence-corrected chi connectivity index (χ3v) is 4.62. The molecule has 0 aliphatic heterocycles. The summed E-state index contributed by atoms with van der Waals surface area (Å²) in [5.74, 6) is -1.53. The van der Waals surface area contributed by atoms with E-state index in [4.69, 9.17) is 4.74 Å². The van der Waals surface area contributed by atoms with Crippen molar-refractivity contribution < 1.29 is 23.9 Å². The quantitative estimate of drug-likeness (QED) is 0.396. The fourth-order valence-electron chi connectivity index (χ4n) is 3.21. The van der Waals surface area contributed by atoms with Crippen molar-refractivity contribution in [2.75, 3.05) is 14.2 Å². The fraction of sp³-hybridized carbons (Fsp3) is 0.174. The van der Waals surface area contributed by atoms with E-state index in [1.165, 1.54) is 26.4 Å². The van der Waals surface area contributed by atoms with Crippen LogP contribution in [-0.2, 0) is 19.1 Å². The third-order valence-electron chi connectivity index (χ3n) is 4.62. The minimum absolute atomic E-state index is 0.0935. The van der Waals surface area contributed by atoms with Gasteiger partial charge in [0.15, 0.2) is 0 Å². The molecule has 29 heavy (non-hydrogen) atoms. The average molecular weight is 391 g/mol. The van der Waals surface area contributed by atoms with E-state index in [9.17, 15) is 14.4 Å². The standard InChI is InChI=1S/C23H21NO5/c1-28-20(25)13-7-12-19(23(27)29-2)24-22(26)21-17-10-5-3-8-15(17)14-16-9-4-6-11-18(16)21/h3-11,13-14,19H,12H2,1-2H3,(H,24,26)/b13-7+/t19-/m1/s1. The predicted octanol–water partition coefficient (Wildman–Crippen LogP) is 3.38. The molecule has 0 radical (unpaired) electrons. The number of methoxy groups -OCH3 is 2. The number of fused-ring (bicyclic) bond motifs is 2. The zero-order valence-electron chi connectivity index (χ0n) is 16.2. The van der Waals surface area contributed by atoms with Gasteiger partial charge in [-0.15, -0.1) is 0 Å². The Bertz CT molecular complexity index is 1050. The second-order valence-electron chi connectivity index (χ2n) is 6.40. The zero-order valence-corrected chi connectivity index (χ0v) is 16.2. The van der Waals surface area contributed by atoms with Gasteiger partial charge in [0.1, 0.15) is 6.04 Å². The monoisotopic (exact) mass is 391 g/mol. The first-order chi connectivity index (χ1) is 14.0. The lowest BCUT2D eigenvalue weighted by molar-refractivity contribution is -0.143. The molecule has 1 atom stereocenters. The maximum absolute atomic E-state index is 13.2. The maximum Gasteiger partial charge on any atom is 0.330 e. The number of carbonyl (C=O) groups excluding carboxylic acids is 3. The van der Waals surface area contributed by atoms with Gasteiger partial charge in [0, 0.05) is 6.08 Å². The van der Waals surface area contributed by atoms with Gasteiger partial charge >= 0.3 is 11.9 Å². The molecule has 0 saturated heterocycles. The highest BCUT2D eigenvalue weighted by atomic mass is 16.5. The van der Waals surface area contributed by atoms with Crippen molar-refractivity contribution in [1.82, 2.24) is 5.32 Å². The van der Waals surface area contributed by atoms with Crippen molar-refractivity contribution >= 4 is 39.4 Å². The summed E-state index contributed by atoms with van der Waals surface area (Å²) < 4.78 is 9.34. The van der Waals surface area contributed by atoms with E-state index in [1.54, 1.807) is 0 Å². The first-order valence-corrected chi connectivity index (χ1v) is 9.09. The molecule has 148 valence electrons. The minimum Gasteiger partial charge on any atom is -0.467 e. The van der Waals surface area contributed by atoms with E-state index in [0.29, 0.717) is 5.56 Å². The number of rotatable bonds is 6. The number of carbonyl (C=O) groups is 3. The minimum atomic E-state index is -0.939. The third kappa shape index (κ3) is 4.43. The van der Waals surface area contributed by atoms with Crippen LogP contribution in [0.15, 0.2) is 66.7 Å². The van der Waals surface area contributed by atoms with Crippen LogP contribution in [0.4, 0.5) is 0 Å². The molecule has 0 aliphatic rings. The second kappa shape index (κ2) is 9.01. The highest BCUT2D eigenvalue weighted by Crippen LogP contribution is 2.28. The molecule has 6 nitrogen and oxygen atoms in total. The van der Waals surface area contributed by atoms with Crippen LogP contribution in [0.2, 0.25) is 0 Å². The van der Waals surface area contributed by atoms with Gasteiger partial charge in [-0.2, -0.15) is 0 Å². The molecule has 0 fully saturated rings. The Morgan fingerprint density at radius 1 is 0.931 bits per heavy atom. The number of amides is 1. The largest absolute Gasteiger partial charge is 0.467 e. The second-order valence-corrected chi connectivity index (χ2v) is 6.40. The molecular formula is C23H21NO5. The van der Waals surface area contributed by atoms with Gasteiger partial charge in [0.05, 0.1) is 19.8 Å². The Kier molecular flexibility index (Phi) is 6.24. The molecule has 0 spiro atoms. The average Bonchev–Trinajstić information content (AvgIpc) is 2.75. The van der Waals surface area contributed by atoms with E-state index in [1.807, 2.05) is 54.6 Å². The Labute approximate surface area is 168 Å². The van der Waals surface area contributed by atoms with E-state index in [2.05, 4.69) is 10.1 Å². The van der Waals surface area contributed by atoms with Crippen LogP contribution in [0.5, 0.6) is 0 Å². The Hall–Kier alpha value is -3.67. The van der Waals surface area contributed by atoms with E-state index < -0.39 is 18.0 Å². The van der Waals surface area contributed by atoms with Crippen molar-refractivity contribution in [2.45, 2.75) is 12.5 Å². The van der Waals surface area contributed by atoms with Crippen molar-refractivity contribution in [1.29, 1.82) is 0 Å². The van der Waals surface area contributed by atoms with Crippen molar-refractivity contribution in [3.05, 3.63) is 72.3 Å². The first kappa shape index (κ1) is 20.1. The zero-order chi connectivity index (χ0) is 20.8. The lowest BCUT2D eigenvalue weighted by atomic mass is 9.96. The summed E-state index contributed by atoms with van der Waals surface area (Å²) in [6, 6.07) is 16.3. The maximum atomic E-state index is 13.2. The van der Waals surface area contributed by atoms with E-state index in [-0.39, 0.29) is 12.3 Å². The molecule has 3 aromatic rings. The summed E-state index contributed by atoms with van der Waals surface area (Å²) in [5.41, 5.74) is 0.490. The number of esters is 2. The van der Waals surface area contributed by atoms with Gasteiger partial charge in [-0.05, 0) is 34.0 Å². The molecular weight excluding hydrogens is 370 g/mol. The molecule has 1 N–H and O–H groups in total. The summed E-state index contributed by atoms with van der Waals surface area (Å²) in [7, 11) is 2.51. The molecule has 6 heteroatoms. The lowest BCUT2D eigenvalue weighted by Crippen LogP contribution is -2.41. The number of nitrogens with one attached hydrogen (secondary N) is 1. The SMILES string of the molecule is COC(=O)/C=C/C[C@@H](NC(=O)c1c2ccccc2cc2ccccc12)C(=O)OC. The summed E-state index contributed by atoms with van der Waals surface area (Å²) in [5, 5.41) is 6.18. The lowest BCUT2D eigenvalue weighted by Gasteiger charge is -2.17. The number of hydrogen-bond acceptors (Lipinski definition) is 5. The summed E-state index contributed by atoms with van der Waals surface area (Å²) in [6.07, 6.45) is 2.76. The Balaban J connectivity index is 1.99. The fourth-order valence-corrected chi connectivity index (χ4v) is 3.21. The van der Waals surface area contributed by atoms with Crippen LogP contribution < -0.4 is 5.32 Å². The van der Waals surface area contributed by atoms with Crippen LogP contribution in [-0.4, -0.2) is 38.1 Å². The van der Waals surface area contributed by atoms with Crippen LogP contribution in [0.3, 0.4) is 0 Å². The van der Waals surface area contributed by atoms with Crippen LogP contribution in [0.25, 0.3) is 21.5 Å². The molecule has 1 amide bonds. The van der Waals surface area contributed by atoms with Gasteiger partial charge < -0.3 is 14.8 Å². The number of benzene rings is 3.